The van der Waals surface area contributed by atoms with Crippen molar-refractivity contribution in [1.29, 1.82) is 0 Å². The summed E-state index contributed by atoms with van der Waals surface area (Å²) in [7, 11) is -7.68. The van der Waals surface area contributed by atoms with Gasteiger partial charge in [0.1, 0.15) is 0 Å². The highest BCUT2D eigenvalue weighted by molar-refractivity contribution is 7.67. The molecule has 8 heteroatoms. The maximum Gasteiger partial charge on any atom is 0.381 e. The Morgan fingerprint density at radius 1 is 1.07 bits per heavy atom. The molecule has 78 valence electrons. The molecule has 0 amide bonds. The van der Waals surface area contributed by atoms with Gasteiger partial charge in [-0.1, -0.05) is 17.7 Å². The molecule has 14 heavy (non-hydrogen) atoms. The van der Waals surface area contributed by atoms with E-state index >= 15 is 0 Å². The van der Waals surface area contributed by atoms with E-state index in [0.717, 1.165) is 6.07 Å². The number of nitrogens with zero attached hydrogens (tertiary/aromatic N) is 1. The van der Waals surface area contributed by atoms with E-state index in [2.05, 4.69) is 0 Å². The van der Waals surface area contributed by atoms with E-state index in [1.807, 2.05) is 0 Å². The maximum absolute atomic E-state index is 12.3. The van der Waals surface area contributed by atoms with Crippen LogP contribution in [0.2, 0.25) is 5.02 Å². The summed E-state index contributed by atoms with van der Waals surface area (Å²) >= 11 is 5.50. The van der Waals surface area contributed by atoms with Gasteiger partial charge >= 0.3 is 17.4 Å². The Bertz CT molecular complexity index is 304. The molecule has 0 N–H and O–H groups in total. The fourth-order valence-electron chi connectivity index (χ4n) is 0.826. The summed E-state index contributed by atoms with van der Waals surface area (Å²) in [4.78, 5) is 0. The molecule has 0 aliphatic rings. The van der Waals surface area contributed by atoms with Crippen molar-refractivity contribution >= 4 is 34.7 Å². The van der Waals surface area contributed by atoms with Crippen molar-refractivity contribution in [3.63, 3.8) is 0 Å². The molecule has 0 radical (unpaired) electrons. The molecule has 0 fully saturated rings. The summed E-state index contributed by atoms with van der Waals surface area (Å²) in [5.74, 6) is 0. The monoisotopic (exact) mass is 263 g/mol. The van der Waals surface area contributed by atoms with Crippen LogP contribution in [0.15, 0.2) is 24.3 Å². The lowest BCUT2D eigenvalue weighted by Crippen LogP contribution is -2.01. The van der Waals surface area contributed by atoms with Crippen molar-refractivity contribution in [3.05, 3.63) is 29.3 Å². The zero-order valence-electron chi connectivity index (χ0n) is 6.54. The number of rotatable bonds is 3. The van der Waals surface area contributed by atoms with Crippen LogP contribution in [0.5, 0.6) is 0 Å². The number of hydrogen-bond acceptors (Lipinski definition) is 1. The van der Waals surface area contributed by atoms with E-state index in [4.69, 9.17) is 11.6 Å². The van der Waals surface area contributed by atoms with Crippen LogP contribution in [0.3, 0.4) is 0 Å². The molecule has 1 aromatic carbocycles. The summed E-state index contributed by atoms with van der Waals surface area (Å²) in [6.07, 6.45) is 0. The molecule has 0 atom stereocenters. The third kappa shape index (κ3) is 2.94. The van der Waals surface area contributed by atoms with Gasteiger partial charge in [-0.3, -0.25) is 0 Å². The average molecular weight is 263 g/mol. The van der Waals surface area contributed by atoms with Crippen molar-refractivity contribution in [2.24, 2.45) is 0 Å². The van der Waals surface area contributed by atoms with Crippen molar-refractivity contribution < 1.29 is 16.8 Å². The molecule has 0 aromatic heterocycles. The molecule has 0 aliphatic carbocycles. The Labute approximate surface area is 85.8 Å². The van der Waals surface area contributed by atoms with Gasteiger partial charge in [0.25, 0.3) is 0 Å². The Hall–Kier alpha value is -0.110. The molecule has 0 saturated heterocycles. The average Bonchev–Trinajstić information content (AvgIpc) is 2.02. The zero-order chi connectivity index (χ0) is 10.7. The molecule has 1 nitrogen and oxygen atoms in total. The maximum atomic E-state index is 12.3. The molecule has 0 bridgehead atoms. The summed E-state index contributed by atoms with van der Waals surface area (Å²) in [5.41, 5.74) is -0.246. The molecule has 0 heterocycles. The number of anilines is 1. The lowest BCUT2D eigenvalue weighted by Gasteiger charge is -2.19. The van der Waals surface area contributed by atoms with Crippen molar-refractivity contribution in [2.75, 3.05) is 4.44 Å². The molecular formula is C6H4ClF4NP2. The van der Waals surface area contributed by atoms with Crippen LogP contribution in [0.25, 0.3) is 0 Å². The first-order valence-electron chi connectivity index (χ1n) is 3.31. The lowest BCUT2D eigenvalue weighted by atomic mass is 10.3. The third-order valence-corrected chi connectivity index (χ3v) is 3.41. The van der Waals surface area contributed by atoms with E-state index < -0.39 is 17.4 Å². The van der Waals surface area contributed by atoms with Crippen LogP contribution in [0, 0.1) is 0 Å². The molecule has 1 rings (SSSR count). The molecular weight excluding hydrogens is 259 g/mol. The van der Waals surface area contributed by atoms with Crippen LogP contribution in [0.1, 0.15) is 0 Å². The van der Waals surface area contributed by atoms with Crippen LogP contribution in [-0.2, 0) is 0 Å². The molecule has 0 saturated carbocycles. The van der Waals surface area contributed by atoms with Crippen molar-refractivity contribution in [2.45, 2.75) is 0 Å². The second-order valence-electron chi connectivity index (χ2n) is 2.20. The Morgan fingerprint density at radius 3 is 2.07 bits per heavy atom. The predicted octanol–water partition coefficient (Wildman–Crippen LogP) is 5.48. The normalized spacial score (nSPS) is 11.1. The summed E-state index contributed by atoms with van der Waals surface area (Å²) in [6, 6.07) is 5.04. The van der Waals surface area contributed by atoms with Gasteiger partial charge in [-0.15, -0.1) is 0 Å². The minimum atomic E-state index is -3.84. The first-order valence-corrected chi connectivity index (χ1v) is 5.84. The molecule has 0 aliphatic heterocycles. The minimum absolute atomic E-state index is 0.154. The number of halogens is 5. The smallest absolute Gasteiger partial charge is 0.224 e. The second kappa shape index (κ2) is 5.11. The Morgan fingerprint density at radius 2 is 1.64 bits per heavy atom. The van der Waals surface area contributed by atoms with Crippen LogP contribution in [-0.4, -0.2) is 0 Å². The Balaban J connectivity index is 2.99. The van der Waals surface area contributed by atoms with Gasteiger partial charge < -0.3 is 0 Å². The van der Waals surface area contributed by atoms with E-state index in [1.54, 1.807) is 0 Å². The summed E-state index contributed by atoms with van der Waals surface area (Å²) < 4.78 is 48.8. The second-order valence-corrected chi connectivity index (χ2v) is 4.61. The van der Waals surface area contributed by atoms with E-state index in [1.165, 1.54) is 18.2 Å². The van der Waals surface area contributed by atoms with Crippen LogP contribution >= 0.6 is 29.0 Å². The summed E-state index contributed by atoms with van der Waals surface area (Å²) in [5, 5.41) is 0.154. The highest BCUT2D eigenvalue weighted by Gasteiger charge is 2.29. The third-order valence-electron chi connectivity index (χ3n) is 1.33. The highest BCUT2D eigenvalue weighted by atomic mass is 35.5. The van der Waals surface area contributed by atoms with Gasteiger partial charge in [-0.05, 0) is 18.2 Å². The van der Waals surface area contributed by atoms with Gasteiger partial charge in [0.2, 0.25) is 0 Å². The van der Waals surface area contributed by atoms with Gasteiger partial charge in [-0.25, -0.2) is 4.44 Å². The van der Waals surface area contributed by atoms with E-state index in [9.17, 15) is 16.8 Å². The quantitative estimate of drug-likeness (QED) is 0.515. The molecule has 0 spiro atoms. The van der Waals surface area contributed by atoms with Crippen molar-refractivity contribution in [1.82, 2.24) is 0 Å². The van der Waals surface area contributed by atoms with E-state index in [-0.39, 0.29) is 15.2 Å². The number of hydrogen-bond donors (Lipinski definition) is 0. The van der Waals surface area contributed by atoms with Crippen LogP contribution < -0.4 is 4.44 Å². The van der Waals surface area contributed by atoms with Gasteiger partial charge in [0, 0.05) is 5.02 Å². The van der Waals surface area contributed by atoms with Crippen LogP contribution in [0.4, 0.5) is 22.5 Å². The SMILES string of the molecule is FP(F)N(c1cccc(Cl)c1)P(F)F. The minimum Gasteiger partial charge on any atom is -0.224 e. The number of benzene rings is 1. The highest BCUT2D eigenvalue weighted by Crippen LogP contribution is 2.62. The van der Waals surface area contributed by atoms with E-state index in [0.29, 0.717) is 0 Å². The predicted molar refractivity (Wildman–Crippen MR) is 52.2 cm³/mol. The van der Waals surface area contributed by atoms with Gasteiger partial charge in [-0.2, -0.15) is 16.8 Å². The molecule has 0 unspecified atom stereocenters. The van der Waals surface area contributed by atoms with Crippen molar-refractivity contribution in [3.8, 4) is 0 Å². The summed E-state index contributed by atoms with van der Waals surface area (Å²) in [6.45, 7) is 0. The first kappa shape index (κ1) is 12.0. The molecule has 1 aromatic rings. The standard InChI is InChI=1S/C6H4ClF4NP2/c7-5-2-1-3-6(4-5)12(13(8)9)14(10)11/h1-4H. The fraction of sp³-hybridized carbons (Fsp3) is 0. The lowest BCUT2D eigenvalue weighted by molar-refractivity contribution is 0.716. The largest absolute Gasteiger partial charge is 0.381 e. The first-order chi connectivity index (χ1) is 6.52. The topological polar surface area (TPSA) is 3.24 Å². The zero-order valence-corrected chi connectivity index (χ0v) is 9.09. The Kier molecular flexibility index (Phi) is 4.36. The fourth-order valence-corrected chi connectivity index (χ4v) is 2.02. The van der Waals surface area contributed by atoms with Gasteiger partial charge in [0.15, 0.2) is 0 Å². The van der Waals surface area contributed by atoms with Gasteiger partial charge in [0.05, 0.1) is 5.69 Å².